The van der Waals surface area contributed by atoms with Gasteiger partial charge in [-0.05, 0) is 23.8 Å². The standard InChI is InChI=1S/C19H15F2NO/c20-16-7-3-1-5-13(16)11-15-18(22-10-9-19(15)23)12-14-6-2-4-8-17(14)21/h1-8,11H,9-10,12H2. The number of carbonyl (C=O) groups is 1. The smallest absolute Gasteiger partial charge is 0.166 e. The van der Waals surface area contributed by atoms with Crippen molar-refractivity contribution in [3.63, 3.8) is 0 Å². The Morgan fingerprint density at radius 3 is 2.43 bits per heavy atom. The summed E-state index contributed by atoms with van der Waals surface area (Å²) in [5.74, 6) is -0.823. The van der Waals surface area contributed by atoms with E-state index < -0.39 is 5.82 Å². The lowest BCUT2D eigenvalue weighted by Crippen LogP contribution is -2.22. The minimum Gasteiger partial charge on any atom is -0.294 e. The molecule has 3 rings (SSSR count). The van der Waals surface area contributed by atoms with Crippen molar-refractivity contribution in [3.05, 3.63) is 76.9 Å². The number of allylic oxidation sites excluding steroid dienone is 1. The third-order valence-electron chi connectivity index (χ3n) is 3.77. The van der Waals surface area contributed by atoms with Crippen LogP contribution in [0.5, 0.6) is 0 Å². The Morgan fingerprint density at radius 2 is 1.70 bits per heavy atom. The van der Waals surface area contributed by atoms with Gasteiger partial charge in [0.1, 0.15) is 11.6 Å². The molecule has 0 amide bonds. The van der Waals surface area contributed by atoms with Gasteiger partial charge in [-0.2, -0.15) is 0 Å². The van der Waals surface area contributed by atoms with E-state index in [1.54, 1.807) is 36.4 Å². The average molecular weight is 311 g/mol. The summed E-state index contributed by atoms with van der Waals surface area (Å²) in [5, 5.41) is 0. The van der Waals surface area contributed by atoms with Crippen LogP contribution in [-0.2, 0) is 11.2 Å². The highest BCUT2D eigenvalue weighted by molar-refractivity contribution is 6.26. The lowest BCUT2D eigenvalue weighted by atomic mass is 9.93. The van der Waals surface area contributed by atoms with Crippen LogP contribution < -0.4 is 0 Å². The van der Waals surface area contributed by atoms with Gasteiger partial charge in [-0.3, -0.25) is 9.79 Å². The van der Waals surface area contributed by atoms with Crippen molar-refractivity contribution in [2.24, 2.45) is 4.99 Å². The predicted molar refractivity (Wildman–Crippen MR) is 86.4 cm³/mol. The fraction of sp³-hybridized carbons (Fsp3) is 0.158. The number of halogens is 2. The zero-order valence-corrected chi connectivity index (χ0v) is 12.4. The molecule has 0 spiro atoms. The third-order valence-corrected chi connectivity index (χ3v) is 3.77. The monoisotopic (exact) mass is 311 g/mol. The van der Waals surface area contributed by atoms with Gasteiger partial charge in [0.2, 0.25) is 0 Å². The molecule has 0 N–H and O–H groups in total. The molecular weight excluding hydrogens is 296 g/mol. The molecule has 4 heteroatoms. The second kappa shape index (κ2) is 6.65. The normalized spacial score (nSPS) is 16.5. The zero-order valence-electron chi connectivity index (χ0n) is 12.4. The van der Waals surface area contributed by atoms with Gasteiger partial charge in [0, 0.05) is 30.5 Å². The molecule has 0 unspecified atom stereocenters. The number of aliphatic imine (C=N–C) groups is 1. The van der Waals surface area contributed by atoms with Crippen molar-refractivity contribution in [1.29, 1.82) is 0 Å². The molecule has 1 aliphatic heterocycles. The largest absolute Gasteiger partial charge is 0.294 e. The summed E-state index contributed by atoms with van der Waals surface area (Å²) in [6.07, 6.45) is 2.02. The fourth-order valence-electron chi connectivity index (χ4n) is 2.56. The molecule has 0 radical (unpaired) electrons. The maximum absolute atomic E-state index is 13.8. The Labute approximate surface area is 133 Å². The van der Waals surface area contributed by atoms with E-state index >= 15 is 0 Å². The molecule has 0 fully saturated rings. The number of Topliss-reactive ketones (excluding diaryl/α,β-unsaturated/α-hetero) is 1. The van der Waals surface area contributed by atoms with E-state index in [2.05, 4.69) is 4.99 Å². The maximum Gasteiger partial charge on any atom is 0.166 e. The van der Waals surface area contributed by atoms with Crippen molar-refractivity contribution < 1.29 is 13.6 Å². The van der Waals surface area contributed by atoms with Gasteiger partial charge in [0.25, 0.3) is 0 Å². The van der Waals surface area contributed by atoms with E-state index in [-0.39, 0.29) is 18.0 Å². The Balaban J connectivity index is 1.98. The van der Waals surface area contributed by atoms with Gasteiger partial charge in [-0.1, -0.05) is 36.4 Å². The summed E-state index contributed by atoms with van der Waals surface area (Å²) in [6.45, 7) is 0.386. The second-order valence-electron chi connectivity index (χ2n) is 5.35. The zero-order chi connectivity index (χ0) is 16.2. The van der Waals surface area contributed by atoms with E-state index in [0.717, 1.165) is 0 Å². The molecule has 0 bridgehead atoms. The van der Waals surface area contributed by atoms with Crippen molar-refractivity contribution in [2.45, 2.75) is 12.8 Å². The summed E-state index contributed by atoms with van der Waals surface area (Å²) >= 11 is 0. The van der Waals surface area contributed by atoms with E-state index in [0.29, 0.717) is 35.4 Å². The van der Waals surface area contributed by atoms with Crippen molar-refractivity contribution in [2.75, 3.05) is 6.54 Å². The number of benzene rings is 2. The van der Waals surface area contributed by atoms with Crippen molar-refractivity contribution >= 4 is 17.6 Å². The van der Waals surface area contributed by atoms with Gasteiger partial charge in [0.15, 0.2) is 5.78 Å². The predicted octanol–water partition coefficient (Wildman–Crippen LogP) is 4.00. The van der Waals surface area contributed by atoms with Crippen LogP contribution in [0.2, 0.25) is 0 Å². The van der Waals surface area contributed by atoms with Crippen LogP contribution in [-0.4, -0.2) is 18.0 Å². The number of hydrogen-bond donors (Lipinski definition) is 0. The fourth-order valence-corrected chi connectivity index (χ4v) is 2.56. The van der Waals surface area contributed by atoms with Gasteiger partial charge in [0.05, 0.1) is 5.71 Å². The Kier molecular flexibility index (Phi) is 4.42. The van der Waals surface area contributed by atoms with Gasteiger partial charge >= 0.3 is 0 Å². The van der Waals surface area contributed by atoms with Crippen molar-refractivity contribution in [1.82, 2.24) is 0 Å². The molecule has 116 valence electrons. The third kappa shape index (κ3) is 3.42. The molecule has 0 aromatic heterocycles. The van der Waals surface area contributed by atoms with E-state index in [4.69, 9.17) is 0 Å². The van der Waals surface area contributed by atoms with Crippen LogP contribution in [0.25, 0.3) is 6.08 Å². The van der Waals surface area contributed by atoms with Gasteiger partial charge in [-0.25, -0.2) is 8.78 Å². The van der Waals surface area contributed by atoms with Crippen LogP contribution in [0.1, 0.15) is 17.5 Å². The van der Waals surface area contributed by atoms with E-state index in [1.807, 2.05) is 0 Å². The molecule has 0 aliphatic carbocycles. The van der Waals surface area contributed by atoms with Gasteiger partial charge < -0.3 is 0 Å². The van der Waals surface area contributed by atoms with Gasteiger partial charge in [-0.15, -0.1) is 0 Å². The highest BCUT2D eigenvalue weighted by atomic mass is 19.1. The summed E-state index contributed by atoms with van der Waals surface area (Å²) in [4.78, 5) is 16.6. The molecule has 2 aromatic carbocycles. The summed E-state index contributed by atoms with van der Waals surface area (Å²) in [7, 11) is 0. The first-order valence-electron chi connectivity index (χ1n) is 7.41. The van der Waals surface area contributed by atoms with E-state index in [9.17, 15) is 13.6 Å². The number of rotatable bonds is 3. The van der Waals surface area contributed by atoms with Crippen molar-refractivity contribution in [3.8, 4) is 0 Å². The Hall–Kier alpha value is -2.62. The summed E-state index contributed by atoms with van der Waals surface area (Å²) in [5.41, 5.74) is 1.68. The molecule has 2 nitrogen and oxygen atoms in total. The maximum atomic E-state index is 13.8. The molecule has 1 heterocycles. The van der Waals surface area contributed by atoms with Crippen LogP contribution in [0.3, 0.4) is 0 Å². The molecule has 23 heavy (non-hydrogen) atoms. The molecule has 1 aliphatic rings. The van der Waals surface area contributed by atoms with Crippen LogP contribution >= 0.6 is 0 Å². The first-order chi connectivity index (χ1) is 11.1. The molecule has 0 saturated carbocycles. The van der Waals surface area contributed by atoms with Crippen LogP contribution in [0.4, 0.5) is 8.78 Å². The molecular formula is C19H15F2NO. The molecule has 2 aromatic rings. The van der Waals surface area contributed by atoms with Crippen LogP contribution in [0.15, 0.2) is 59.1 Å². The SMILES string of the molecule is O=C1CCN=C(Cc2ccccc2F)C1=Cc1ccccc1F. The Bertz CT molecular complexity index is 809. The summed E-state index contributed by atoms with van der Waals surface area (Å²) in [6, 6.07) is 12.6. The highest BCUT2D eigenvalue weighted by Crippen LogP contribution is 2.20. The number of carbonyl (C=O) groups excluding carboxylic acids is 1. The highest BCUT2D eigenvalue weighted by Gasteiger charge is 2.21. The number of ketones is 1. The number of hydrogen-bond acceptors (Lipinski definition) is 2. The second-order valence-corrected chi connectivity index (χ2v) is 5.35. The first kappa shape index (κ1) is 15.3. The Morgan fingerprint density at radius 1 is 1.00 bits per heavy atom. The minimum atomic E-state index is -0.399. The lowest BCUT2D eigenvalue weighted by Gasteiger charge is -2.16. The quantitative estimate of drug-likeness (QED) is 0.788. The number of nitrogens with zero attached hydrogens (tertiary/aromatic N) is 1. The summed E-state index contributed by atoms with van der Waals surface area (Å²) < 4.78 is 27.7. The van der Waals surface area contributed by atoms with E-state index in [1.165, 1.54) is 18.2 Å². The molecule has 0 saturated heterocycles. The lowest BCUT2D eigenvalue weighted by molar-refractivity contribution is -0.115. The van der Waals surface area contributed by atoms with Crippen LogP contribution in [0, 0.1) is 11.6 Å². The molecule has 0 atom stereocenters. The topological polar surface area (TPSA) is 29.4 Å². The first-order valence-corrected chi connectivity index (χ1v) is 7.41. The minimum absolute atomic E-state index is 0.0883. The average Bonchev–Trinajstić information content (AvgIpc) is 2.54.